The molecule has 3 nitrogen and oxygen atoms in total. The molecule has 0 radical (unpaired) electrons. The monoisotopic (exact) mass is 275 g/mol. The molecule has 0 saturated heterocycles. The molecule has 0 aliphatic heterocycles. The van der Waals surface area contributed by atoms with E-state index in [0.29, 0.717) is 18.9 Å². The summed E-state index contributed by atoms with van der Waals surface area (Å²) in [6.45, 7) is 0.936. The Morgan fingerprint density at radius 1 is 1.05 bits per heavy atom. The largest absolute Gasteiger partial charge is 0.496 e. The van der Waals surface area contributed by atoms with Crippen molar-refractivity contribution in [2.24, 2.45) is 0 Å². The van der Waals surface area contributed by atoms with Gasteiger partial charge in [0.25, 0.3) is 0 Å². The fourth-order valence-electron chi connectivity index (χ4n) is 2.00. The van der Waals surface area contributed by atoms with Crippen LogP contribution in [0.4, 0.5) is 4.39 Å². The first-order chi connectivity index (χ1) is 9.74. The third-order valence-electron chi connectivity index (χ3n) is 2.97. The number of nitrogens with one attached hydrogen (secondary N) is 1. The summed E-state index contributed by atoms with van der Waals surface area (Å²) in [6, 6.07) is 12.2. The Morgan fingerprint density at radius 3 is 2.60 bits per heavy atom. The predicted molar refractivity (Wildman–Crippen MR) is 76.5 cm³/mol. The van der Waals surface area contributed by atoms with E-state index in [9.17, 15) is 4.39 Å². The van der Waals surface area contributed by atoms with Gasteiger partial charge in [0.1, 0.15) is 23.9 Å². The van der Waals surface area contributed by atoms with Crippen LogP contribution in [0.3, 0.4) is 0 Å². The van der Waals surface area contributed by atoms with E-state index in [1.165, 1.54) is 12.1 Å². The van der Waals surface area contributed by atoms with E-state index in [1.807, 2.05) is 31.3 Å². The highest BCUT2D eigenvalue weighted by Crippen LogP contribution is 2.23. The van der Waals surface area contributed by atoms with Crippen molar-refractivity contribution in [3.63, 3.8) is 0 Å². The molecule has 2 aromatic rings. The van der Waals surface area contributed by atoms with Gasteiger partial charge < -0.3 is 14.8 Å². The lowest BCUT2D eigenvalue weighted by atomic mass is 10.2. The molecule has 0 fully saturated rings. The van der Waals surface area contributed by atoms with Crippen molar-refractivity contribution in [1.29, 1.82) is 0 Å². The van der Waals surface area contributed by atoms with Crippen molar-refractivity contribution in [3.8, 4) is 11.5 Å². The second-order valence-electron chi connectivity index (χ2n) is 4.38. The lowest BCUT2D eigenvalue weighted by Crippen LogP contribution is -2.08. The minimum absolute atomic E-state index is 0.264. The molecule has 0 unspecified atom stereocenters. The molecular weight excluding hydrogens is 257 g/mol. The number of rotatable bonds is 6. The quantitative estimate of drug-likeness (QED) is 0.878. The molecule has 0 amide bonds. The highest BCUT2D eigenvalue weighted by atomic mass is 19.1. The number of benzene rings is 2. The summed E-state index contributed by atoms with van der Waals surface area (Å²) in [7, 11) is 3.44. The zero-order valence-corrected chi connectivity index (χ0v) is 11.7. The maximum absolute atomic E-state index is 13.2. The van der Waals surface area contributed by atoms with Crippen LogP contribution in [-0.4, -0.2) is 14.2 Å². The van der Waals surface area contributed by atoms with Gasteiger partial charge in [-0.05, 0) is 31.3 Å². The molecule has 106 valence electrons. The predicted octanol–water partition coefficient (Wildman–Crippen LogP) is 3.13. The van der Waals surface area contributed by atoms with Crippen molar-refractivity contribution >= 4 is 0 Å². The summed E-state index contributed by atoms with van der Waals surface area (Å²) in [5.41, 5.74) is 1.75. The van der Waals surface area contributed by atoms with Gasteiger partial charge in [-0.3, -0.25) is 0 Å². The average molecular weight is 275 g/mol. The van der Waals surface area contributed by atoms with Gasteiger partial charge in [-0.2, -0.15) is 0 Å². The number of halogens is 1. The normalized spacial score (nSPS) is 10.3. The highest BCUT2D eigenvalue weighted by Gasteiger charge is 2.07. The van der Waals surface area contributed by atoms with Crippen LogP contribution in [-0.2, 0) is 13.2 Å². The summed E-state index contributed by atoms with van der Waals surface area (Å²) in [4.78, 5) is 0. The minimum Gasteiger partial charge on any atom is -0.496 e. The average Bonchev–Trinajstić information content (AvgIpc) is 2.47. The van der Waals surface area contributed by atoms with Gasteiger partial charge in [0, 0.05) is 17.7 Å². The Hall–Kier alpha value is -2.07. The summed E-state index contributed by atoms with van der Waals surface area (Å²) in [6.07, 6.45) is 0. The fraction of sp³-hybridized carbons (Fsp3) is 0.250. The van der Waals surface area contributed by atoms with Gasteiger partial charge in [-0.1, -0.05) is 18.2 Å². The molecule has 20 heavy (non-hydrogen) atoms. The van der Waals surface area contributed by atoms with Crippen molar-refractivity contribution in [2.45, 2.75) is 13.2 Å². The van der Waals surface area contributed by atoms with Crippen molar-refractivity contribution in [3.05, 3.63) is 59.4 Å². The molecular formula is C16H18FNO2. The highest BCUT2D eigenvalue weighted by molar-refractivity contribution is 5.36. The smallest absolute Gasteiger partial charge is 0.125 e. The Balaban J connectivity index is 2.14. The molecule has 0 aliphatic carbocycles. The van der Waals surface area contributed by atoms with E-state index in [-0.39, 0.29) is 5.82 Å². The Kier molecular flexibility index (Phi) is 4.96. The first kappa shape index (κ1) is 14.3. The molecule has 0 saturated carbocycles. The number of para-hydroxylation sites is 1. The molecule has 1 N–H and O–H groups in total. The number of hydrogen-bond acceptors (Lipinski definition) is 3. The number of methoxy groups -OCH3 is 1. The molecule has 2 aromatic carbocycles. The molecule has 0 spiro atoms. The van der Waals surface area contributed by atoms with Crippen LogP contribution in [0.5, 0.6) is 11.5 Å². The summed E-state index contributed by atoms with van der Waals surface area (Å²) in [5, 5.41) is 3.00. The summed E-state index contributed by atoms with van der Waals surface area (Å²) in [5.74, 6) is 1.19. The van der Waals surface area contributed by atoms with Gasteiger partial charge >= 0.3 is 0 Å². The fourth-order valence-corrected chi connectivity index (χ4v) is 2.00. The van der Waals surface area contributed by atoms with E-state index < -0.39 is 0 Å². The molecule has 0 heterocycles. The second kappa shape index (κ2) is 6.91. The van der Waals surface area contributed by atoms with Crippen LogP contribution in [0.15, 0.2) is 42.5 Å². The lowest BCUT2D eigenvalue weighted by Gasteiger charge is -2.13. The molecule has 0 bridgehead atoms. The van der Waals surface area contributed by atoms with E-state index in [4.69, 9.17) is 9.47 Å². The van der Waals surface area contributed by atoms with Crippen LogP contribution in [0.2, 0.25) is 0 Å². The SMILES string of the molecule is CNCc1cc(F)ccc1OCc1ccccc1OC. The van der Waals surface area contributed by atoms with Crippen LogP contribution < -0.4 is 14.8 Å². The molecule has 0 aromatic heterocycles. The third-order valence-corrected chi connectivity index (χ3v) is 2.97. The number of ether oxygens (including phenoxy) is 2. The first-order valence-corrected chi connectivity index (χ1v) is 6.42. The van der Waals surface area contributed by atoms with Crippen LogP contribution in [0, 0.1) is 5.82 Å². The Morgan fingerprint density at radius 2 is 1.85 bits per heavy atom. The van der Waals surface area contributed by atoms with E-state index in [2.05, 4.69) is 5.32 Å². The lowest BCUT2D eigenvalue weighted by molar-refractivity contribution is 0.293. The van der Waals surface area contributed by atoms with E-state index in [0.717, 1.165) is 16.9 Å². The maximum atomic E-state index is 13.2. The topological polar surface area (TPSA) is 30.5 Å². The Labute approximate surface area is 118 Å². The van der Waals surface area contributed by atoms with Crippen molar-refractivity contribution in [1.82, 2.24) is 5.32 Å². The zero-order chi connectivity index (χ0) is 14.4. The van der Waals surface area contributed by atoms with E-state index >= 15 is 0 Å². The van der Waals surface area contributed by atoms with Crippen LogP contribution in [0.25, 0.3) is 0 Å². The van der Waals surface area contributed by atoms with Gasteiger partial charge in [0.2, 0.25) is 0 Å². The molecule has 4 heteroatoms. The zero-order valence-electron chi connectivity index (χ0n) is 11.7. The van der Waals surface area contributed by atoms with E-state index in [1.54, 1.807) is 13.2 Å². The first-order valence-electron chi connectivity index (χ1n) is 6.42. The van der Waals surface area contributed by atoms with Gasteiger partial charge in [0.15, 0.2) is 0 Å². The molecule has 2 rings (SSSR count). The maximum Gasteiger partial charge on any atom is 0.125 e. The van der Waals surface area contributed by atoms with Gasteiger partial charge in [0.05, 0.1) is 7.11 Å². The van der Waals surface area contributed by atoms with Crippen molar-refractivity contribution < 1.29 is 13.9 Å². The second-order valence-corrected chi connectivity index (χ2v) is 4.38. The summed E-state index contributed by atoms with van der Waals surface area (Å²) >= 11 is 0. The van der Waals surface area contributed by atoms with Gasteiger partial charge in [-0.25, -0.2) is 4.39 Å². The van der Waals surface area contributed by atoms with Crippen molar-refractivity contribution in [2.75, 3.05) is 14.2 Å². The summed E-state index contributed by atoms with van der Waals surface area (Å²) < 4.78 is 24.3. The molecule has 0 atom stereocenters. The van der Waals surface area contributed by atoms with Gasteiger partial charge in [-0.15, -0.1) is 0 Å². The van der Waals surface area contributed by atoms with Crippen LogP contribution in [0.1, 0.15) is 11.1 Å². The standard InChI is InChI=1S/C16H18FNO2/c1-18-10-13-9-14(17)7-8-16(13)20-11-12-5-3-4-6-15(12)19-2/h3-9,18H,10-11H2,1-2H3. The number of hydrogen-bond donors (Lipinski definition) is 1. The minimum atomic E-state index is -0.264. The third kappa shape index (κ3) is 3.48. The Bertz CT molecular complexity index is 572. The molecule has 0 aliphatic rings. The van der Waals surface area contributed by atoms with Crippen LogP contribution >= 0.6 is 0 Å².